The Morgan fingerprint density at radius 3 is 2.53 bits per heavy atom. The molecule has 0 saturated carbocycles. The molecule has 0 aliphatic carbocycles. The lowest BCUT2D eigenvalue weighted by atomic mass is 10.1. The van der Waals surface area contributed by atoms with Crippen LogP contribution in [0.4, 0.5) is 4.39 Å². The van der Waals surface area contributed by atoms with Gasteiger partial charge in [-0.2, -0.15) is 0 Å². The van der Waals surface area contributed by atoms with Gasteiger partial charge >= 0.3 is 5.97 Å². The van der Waals surface area contributed by atoms with Gasteiger partial charge in [0.25, 0.3) is 0 Å². The van der Waals surface area contributed by atoms with Crippen molar-refractivity contribution in [3.63, 3.8) is 0 Å². The summed E-state index contributed by atoms with van der Waals surface area (Å²) in [6, 6.07) is 11.8. The van der Waals surface area contributed by atoms with Crippen LogP contribution in [0.1, 0.15) is 21.5 Å². The van der Waals surface area contributed by atoms with Crippen molar-refractivity contribution in [1.29, 1.82) is 0 Å². The van der Waals surface area contributed by atoms with Crippen LogP contribution in [0.5, 0.6) is 0 Å². The molecule has 0 spiro atoms. The summed E-state index contributed by atoms with van der Waals surface area (Å²) in [5.74, 6) is -1.21. The summed E-state index contributed by atoms with van der Waals surface area (Å²) in [6.07, 6.45) is 0. The molecule has 0 radical (unpaired) electrons. The van der Waals surface area contributed by atoms with Crippen molar-refractivity contribution in [2.24, 2.45) is 0 Å². The summed E-state index contributed by atoms with van der Waals surface area (Å²) in [7, 11) is 0. The number of benzene rings is 2. The number of rotatable bonds is 3. The molecule has 2 nitrogen and oxygen atoms in total. The molecule has 0 aliphatic heterocycles. The summed E-state index contributed by atoms with van der Waals surface area (Å²) in [4.78, 5) is 11.7. The molecular weight excluding hydrogens is 311 g/mol. The first-order chi connectivity index (χ1) is 9.06. The van der Waals surface area contributed by atoms with Gasteiger partial charge in [0, 0.05) is 4.47 Å². The zero-order chi connectivity index (χ0) is 13.8. The lowest BCUT2D eigenvalue weighted by molar-refractivity contribution is 0.0467. The molecule has 0 aromatic heterocycles. The van der Waals surface area contributed by atoms with Crippen LogP contribution in [-0.2, 0) is 11.3 Å². The number of ether oxygens (including phenoxy) is 1. The second-order valence-electron chi connectivity index (χ2n) is 4.19. The number of carbonyl (C=O) groups is 1. The first kappa shape index (κ1) is 13.7. The lowest BCUT2D eigenvalue weighted by Gasteiger charge is -2.06. The Hall–Kier alpha value is -1.68. The lowest BCUT2D eigenvalue weighted by Crippen LogP contribution is -2.07. The van der Waals surface area contributed by atoms with Crippen LogP contribution in [0.3, 0.4) is 0 Å². The van der Waals surface area contributed by atoms with Gasteiger partial charge in [-0.25, -0.2) is 9.18 Å². The van der Waals surface area contributed by atoms with Crippen LogP contribution in [0, 0.1) is 12.7 Å². The van der Waals surface area contributed by atoms with Crippen molar-refractivity contribution < 1.29 is 13.9 Å². The average Bonchev–Trinajstić information content (AvgIpc) is 2.37. The zero-order valence-electron chi connectivity index (χ0n) is 10.3. The van der Waals surface area contributed by atoms with Crippen LogP contribution in [0.15, 0.2) is 46.9 Å². The van der Waals surface area contributed by atoms with Gasteiger partial charge in [0.2, 0.25) is 0 Å². The largest absolute Gasteiger partial charge is 0.457 e. The van der Waals surface area contributed by atoms with Crippen LogP contribution in [-0.4, -0.2) is 5.97 Å². The van der Waals surface area contributed by atoms with E-state index in [1.165, 1.54) is 12.1 Å². The Balaban J connectivity index is 2.03. The molecule has 2 rings (SSSR count). The number of hydrogen-bond acceptors (Lipinski definition) is 2. The quantitative estimate of drug-likeness (QED) is 0.789. The Labute approximate surface area is 119 Å². The molecule has 0 amide bonds. The standard InChI is InChI=1S/C15H12BrFO2/c1-10-2-7-13(14(17)8-10)15(18)19-9-11-3-5-12(16)6-4-11/h2-8H,9H2,1H3. The third-order valence-corrected chi connectivity index (χ3v) is 3.16. The summed E-state index contributed by atoms with van der Waals surface area (Å²) in [5.41, 5.74) is 1.58. The molecular formula is C15H12BrFO2. The topological polar surface area (TPSA) is 26.3 Å². The van der Waals surface area contributed by atoms with E-state index in [1.54, 1.807) is 13.0 Å². The minimum Gasteiger partial charge on any atom is -0.457 e. The molecule has 0 unspecified atom stereocenters. The van der Waals surface area contributed by atoms with Crippen molar-refractivity contribution in [3.8, 4) is 0 Å². The normalized spacial score (nSPS) is 10.3. The number of carbonyl (C=O) groups excluding carboxylic acids is 1. The van der Waals surface area contributed by atoms with Gasteiger partial charge in [0.15, 0.2) is 0 Å². The van der Waals surface area contributed by atoms with Crippen LogP contribution in [0.25, 0.3) is 0 Å². The number of hydrogen-bond donors (Lipinski definition) is 0. The zero-order valence-corrected chi connectivity index (χ0v) is 11.9. The first-order valence-corrected chi connectivity index (χ1v) is 6.53. The van der Waals surface area contributed by atoms with Crippen LogP contribution < -0.4 is 0 Å². The molecule has 19 heavy (non-hydrogen) atoms. The Morgan fingerprint density at radius 2 is 1.89 bits per heavy atom. The summed E-state index contributed by atoms with van der Waals surface area (Å²) in [6.45, 7) is 1.89. The highest BCUT2D eigenvalue weighted by Gasteiger charge is 2.13. The molecule has 2 aromatic rings. The highest BCUT2D eigenvalue weighted by molar-refractivity contribution is 9.10. The van der Waals surface area contributed by atoms with E-state index in [0.717, 1.165) is 15.6 Å². The molecule has 0 atom stereocenters. The predicted octanol–water partition coefficient (Wildman–Crippen LogP) is 4.25. The second kappa shape index (κ2) is 5.97. The van der Waals surface area contributed by atoms with Crippen molar-refractivity contribution in [3.05, 3.63) is 69.4 Å². The Kier molecular flexibility index (Phi) is 4.32. The van der Waals surface area contributed by atoms with Gasteiger partial charge in [-0.05, 0) is 42.3 Å². The molecule has 0 bridgehead atoms. The third-order valence-electron chi connectivity index (χ3n) is 2.63. The van der Waals surface area contributed by atoms with Gasteiger partial charge < -0.3 is 4.74 Å². The first-order valence-electron chi connectivity index (χ1n) is 5.74. The fraction of sp³-hybridized carbons (Fsp3) is 0.133. The maximum absolute atomic E-state index is 13.6. The number of aryl methyl sites for hydroxylation is 1. The summed E-state index contributed by atoms with van der Waals surface area (Å²) >= 11 is 3.32. The Bertz CT molecular complexity index is 594. The summed E-state index contributed by atoms with van der Waals surface area (Å²) < 4.78 is 19.6. The average molecular weight is 323 g/mol. The Morgan fingerprint density at radius 1 is 1.21 bits per heavy atom. The van der Waals surface area contributed by atoms with E-state index >= 15 is 0 Å². The molecule has 0 N–H and O–H groups in total. The van der Waals surface area contributed by atoms with Gasteiger partial charge in [-0.15, -0.1) is 0 Å². The number of esters is 1. The maximum atomic E-state index is 13.6. The molecule has 98 valence electrons. The third kappa shape index (κ3) is 3.64. The predicted molar refractivity (Wildman–Crippen MR) is 74.4 cm³/mol. The van der Waals surface area contributed by atoms with Crippen LogP contribution >= 0.6 is 15.9 Å². The van der Waals surface area contributed by atoms with E-state index in [1.807, 2.05) is 24.3 Å². The molecule has 0 fully saturated rings. The van der Waals surface area contributed by atoms with Crippen molar-refractivity contribution >= 4 is 21.9 Å². The maximum Gasteiger partial charge on any atom is 0.341 e. The van der Waals surface area contributed by atoms with Gasteiger partial charge in [0.05, 0.1) is 5.56 Å². The van der Waals surface area contributed by atoms with Gasteiger partial charge in [0.1, 0.15) is 12.4 Å². The van der Waals surface area contributed by atoms with E-state index in [2.05, 4.69) is 15.9 Å². The number of halogens is 2. The van der Waals surface area contributed by atoms with E-state index < -0.39 is 11.8 Å². The molecule has 2 aromatic carbocycles. The highest BCUT2D eigenvalue weighted by Crippen LogP contribution is 2.14. The van der Waals surface area contributed by atoms with Crippen molar-refractivity contribution in [1.82, 2.24) is 0 Å². The van der Waals surface area contributed by atoms with E-state index in [-0.39, 0.29) is 12.2 Å². The molecule has 0 aliphatic rings. The smallest absolute Gasteiger partial charge is 0.341 e. The molecule has 0 heterocycles. The van der Waals surface area contributed by atoms with Crippen molar-refractivity contribution in [2.45, 2.75) is 13.5 Å². The van der Waals surface area contributed by atoms with E-state index in [0.29, 0.717) is 0 Å². The fourth-order valence-electron chi connectivity index (χ4n) is 1.59. The summed E-state index contributed by atoms with van der Waals surface area (Å²) in [5, 5.41) is 0. The second-order valence-corrected chi connectivity index (χ2v) is 5.10. The van der Waals surface area contributed by atoms with Crippen LogP contribution in [0.2, 0.25) is 0 Å². The minimum absolute atomic E-state index is 0.0392. The van der Waals surface area contributed by atoms with Gasteiger partial charge in [-0.1, -0.05) is 34.1 Å². The van der Waals surface area contributed by atoms with Crippen molar-refractivity contribution in [2.75, 3.05) is 0 Å². The fourth-order valence-corrected chi connectivity index (χ4v) is 1.86. The highest BCUT2D eigenvalue weighted by atomic mass is 79.9. The molecule has 0 saturated heterocycles. The monoisotopic (exact) mass is 322 g/mol. The van der Waals surface area contributed by atoms with Gasteiger partial charge in [-0.3, -0.25) is 0 Å². The minimum atomic E-state index is -0.652. The molecule has 4 heteroatoms. The SMILES string of the molecule is Cc1ccc(C(=O)OCc2ccc(Br)cc2)c(F)c1. The van der Waals surface area contributed by atoms with E-state index in [4.69, 9.17) is 4.74 Å². The van der Waals surface area contributed by atoms with E-state index in [9.17, 15) is 9.18 Å².